The van der Waals surface area contributed by atoms with E-state index in [-0.39, 0.29) is 5.91 Å². The SMILES string of the molecule is CCCc1nnsc1C(=O)N1CCN(c2cc(C)nc(N3CCCC3)n2)CC1. The topological polar surface area (TPSA) is 78.4 Å². The molecule has 0 N–H and O–H groups in total. The standard InChI is InChI=1S/C19H27N7OS/c1-3-6-15-17(28-23-22-15)18(27)25-11-9-24(10-12-25)16-13-14(2)20-19(21-16)26-7-4-5-8-26/h13H,3-12H2,1-2H3. The van der Waals surface area contributed by atoms with Gasteiger partial charge in [-0.2, -0.15) is 4.98 Å². The Kier molecular flexibility index (Phi) is 5.70. The van der Waals surface area contributed by atoms with Crippen LogP contribution in [-0.2, 0) is 6.42 Å². The number of hydrogen-bond donors (Lipinski definition) is 0. The molecule has 9 heteroatoms. The lowest BCUT2D eigenvalue weighted by atomic mass is 10.2. The van der Waals surface area contributed by atoms with Crippen molar-refractivity contribution in [2.75, 3.05) is 49.1 Å². The maximum absolute atomic E-state index is 12.9. The molecule has 0 unspecified atom stereocenters. The van der Waals surface area contributed by atoms with E-state index in [0.29, 0.717) is 18.0 Å². The molecule has 0 spiro atoms. The van der Waals surface area contributed by atoms with Gasteiger partial charge in [0.15, 0.2) is 0 Å². The molecule has 2 aromatic heterocycles. The van der Waals surface area contributed by atoms with Crippen LogP contribution < -0.4 is 9.80 Å². The zero-order valence-corrected chi connectivity index (χ0v) is 17.4. The molecular formula is C19H27N7OS. The van der Waals surface area contributed by atoms with Crippen molar-refractivity contribution in [3.05, 3.63) is 22.3 Å². The monoisotopic (exact) mass is 401 g/mol. The summed E-state index contributed by atoms with van der Waals surface area (Å²) in [6.07, 6.45) is 4.18. The maximum atomic E-state index is 12.9. The van der Waals surface area contributed by atoms with Gasteiger partial charge in [0, 0.05) is 51.0 Å². The van der Waals surface area contributed by atoms with E-state index in [2.05, 4.69) is 31.3 Å². The van der Waals surface area contributed by atoms with Crippen molar-refractivity contribution in [3.8, 4) is 0 Å². The van der Waals surface area contributed by atoms with Crippen LogP contribution in [0.1, 0.15) is 47.2 Å². The van der Waals surface area contributed by atoms with Crippen LogP contribution in [0.5, 0.6) is 0 Å². The van der Waals surface area contributed by atoms with Crippen molar-refractivity contribution in [2.45, 2.75) is 39.5 Å². The van der Waals surface area contributed by atoms with Gasteiger partial charge in [-0.25, -0.2) is 4.98 Å². The predicted molar refractivity (Wildman–Crippen MR) is 110 cm³/mol. The molecule has 2 aliphatic rings. The second-order valence-corrected chi connectivity index (χ2v) is 8.19. The summed E-state index contributed by atoms with van der Waals surface area (Å²) in [7, 11) is 0. The Labute approximate surface area is 169 Å². The van der Waals surface area contributed by atoms with Crippen molar-refractivity contribution in [1.82, 2.24) is 24.5 Å². The molecule has 4 heterocycles. The van der Waals surface area contributed by atoms with Gasteiger partial charge in [-0.05, 0) is 37.7 Å². The van der Waals surface area contributed by atoms with E-state index in [1.165, 1.54) is 24.4 Å². The van der Waals surface area contributed by atoms with Gasteiger partial charge < -0.3 is 14.7 Å². The summed E-state index contributed by atoms with van der Waals surface area (Å²) in [5, 5.41) is 4.13. The minimum absolute atomic E-state index is 0.0646. The molecule has 0 aliphatic carbocycles. The summed E-state index contributed by atoms with van der Waals surface area (Å²) in [5.41, 5.74) is 1.83. The van der Waals surface area contributed by atoms with Gasteiger partial charge in [0.1, 0.15) is 10.7 Å². The molecule has 0 saturated carbocycles. The first-order valence-electron chi connectivity index (χ1n) is 10.1. The Morgan fingerprint density at radius 2 is 1.82 bits per heavy atom. The fraction of sp³-hybridized carbons (Fsp3) is 0.632. The second-order valence-electron chi connectivity index (χ2n) is 7.44. The first-order valence-corrected chi connectivity index (χ1v) is 10.9. The molecular weight excluding hydrogens is 374 g/mol. The number of carbonyl (C=O) groups excluding carboxylic acids is 1. The Morgan fingerprint density at radius 1 is 1.07 bits per heavy atom. The minimum Gasteiger partial charge on any atom is -0.353 e. The highest BCUT2D eigenvalue weighted by Crippen LogP contribution is 2.23. The highest BCUT2D eigenvalue weighted by Gasteiger charge is 2.27. The Hall–Kier alpha value is -2.29. The number of hydrogen-bond acceptors (Lipinski definition) is 8. The van der Waals surface area contributed by atoms with Crippen molar-refractivity contribution in [1.29, 1.82) is 0 Å². The molecule has 2 aliphatic heterocycles. The van der Waals surface area contributed by atoms with Gasteiger partial charge in [-0.15, -0.1) is 5.10 Å². The molecule has 28 heavy (non-hydrogen) atoms. The molecule has 0 atom stereocenters. The van der Waals surface area contributed by atoms with Crippen molar-refractivity contribution < 1.29 is 4.79 Å². The number of piperazine rings is 1. The van der Waals surface area contributed by atoms with Gasteiger partial charge in [0.25, 0.3) is 5.91 Å². The van der Waals surface area contributed by atoms with Gasteiger partial charge in [-0.1, -0.05) is 17.8 Å². The lowest BCUT2D eigenvalue weighted by Crippen LogP contribution is -2.49. The summed E-state index contributed by atoms with van der Waals surface area (Å²) < 4.78 is 3.99. The summed E-state index contributed by atoms with van der Waals surface area (Å²) in [5.74, 6) is 1.87. The highest BCUT2D eigenvalue weighted by atomic mass is 32.1. The predicted octanol–water partition coefficient (Wildman–Crippen LogP) is 2.15. The molecule has 4 rings (SSSR count). The van der Waals surface area contributed by atoms with Crippen molar-refractivity contribution in [2.24, 2.45) is 0 Å². The Morgan fingerprint density at radius 3 is 2.54 bits per heavy atom. The van der Waals surface area contributed by atoms with Crippen LogP contribution in [0.25, 0.3) is 0 Å². The van der Waals surface area contributed by atoms with Crippen LogP contribution in [0.15, 0.2) is 6.07 Å². The molecule has 150 valence electrons. The van der Waals surface area contributed by atoms with E-state index >= 15 is 0 Å². The first kappa shape index (κ1) is 19.0. The maximum Gasteiger partial charge on any atom is 0.267 e. The van der Waals surface area contributed by atoms with Crippen LogP contribution in [0, 0.1) is 6.92 Å². The molecule has 2 aromatic rings. The largest absolute Gasteiger partial charge is 0.353 e. The van der Waals surface area contributed by atoms with Gasteiger partial charge in [-0.3, -0.25) is 4.79 Å². The summed E-state index contributed by atoms with van der Waals surface area (Å²) in [6, 6.07) is 2.05. The summed E-state index contributed by atoms with van der Waals surface area (Å²) >= 11 is 1.21. The summed E-state index contributed by atoms with van der Waals surface area (Å²) in [6.45, 7) is 9.11. The third kappa shape index (κ3) is 3.94. The molecule has 1 amide bonds. The van der Waals surface area contributed by atoms with E-state index in [4.69, 9.17) is 4.98 Å². The highest BCUT2D eigenvalue weighted by molar-refractivity contribution is 7.08. The summed E-state index contributed by atoms with van der Waals surface area (Å²) in [4.78, 5) is 29.5. The number of aromatic nitrogens is 4. The van der Waals surface area contributed by atoms with Crippen LogP contribution in [0.4, 0.5) is 11.8 Å². The lowest BCUT2D eigenvalue weighted by molar-refractivity contribution is 0.0750. The second kappa shape index (κ2) is 8.38. The number of rotatable bonds is 5. The van der Waals surface area contributed by atoms with E-state index in [1.54, 1.807) is 0 Å². The average Bonchev–Trinajstić information content (AvgIpc) is 3.40. The quantitative estimate of drug-likeness (QED) is 0.759. The van der Waals surface area contributed by atoms with Gasteiger partial charge in [0.05, 0.1) is 5.69 Å². The zero-order valence-electron chi connectivity index (χ0n) is 16.6. The molecule has 0 bridgehead atoms. The van der Waals surface area contributed by atoms with E-state index in [1.807, 2.05) is 17.9 Å². The van der Waals surface area contributed by atoms with Crippen LogP contribution in [0.3, 0.4) is 0 Å². The fourth-order valence-electron chi connectivity index (χ4n) is 3.81. The third-order valence-electron chi connectivity index (χ3n) is 5.35. The van der Waals surface area contributed by atoms with E-state index in [9.17, 15) is 4.79 Å². The normalized spacial score (nSPS) is 17.4. The Balaban J connectivity index is 1.42. The van der Waals surface area contributed by atoms with Crippen molar-refractivity contribution >= 4 is 29.2 Å². The number of amides is 1. The van der Waals surface area contributed by atoms with E-state index in [0.717, 1.165) is 62.2 Å². The lowest BCUT2D eigenvalue weighted by Gasteiger charge is -2.35. The van der Waals surface area contributed by atoms with Gasteiger partial charge >= 0.3 is 0 Å². The number of nitrogens with zero attached hydrogens (tertiary/aromatic N) is 7. The van der Waals surface area contributed by atoms with Crippen LogP contribution in [0.2, 0.25) is 0 Å². The molecule has 2 saturated heterocycles. The number of aryl methyl sites for hydroxylation is 2. The average molecular weight is 402 g/mol. The molecule has 0 radical (unpaired) electrons. The van der Waals surface area contributed by atoms with Crippen LogP contribution in [-0.4, -0.2) is 69.6 Å². The first-order chi connectivity index (χ1) is 13.7. The third-order valence-corrected chi connectivity index (χ3v) is 6.10. The van der Waals surface area contributed by atoms with Gasteiger partial charge in [0.2, 0.25) is 5.95 Å². The number of carbonyl (C=O) groups is 1. The van der Waals surface area contributed by atoms with Crippen molar-refractivity contribution in [3.63, 3.8) is 0 Å². The zero-order chi connectivity index (χ0) is 19.5. The van der Waals surface area contributed by atoms with E-state index < -0.39 is 0 Å². The number of anilines is 2. The van der Waals surface area contributed by atoms with Crippen LogP contribution >= 0.6 is 11.5 Å². The molecule has 8 nitrogen and oxygen atoms in total. The Bertz CT molecular complexity index is 825. The fourth-order valence-corrected chi connectivity index (χ4v) is 4.49. The minimum atomic E-state index is 0.0646. The smallest absolute Gasteiger partial charge is 0.267 e. The molecule has 0 aromatic carbocycles. The molecule has 2 fully saturated rings.